The fourth-order valence-corrected chi connectivity index (χ4v) is 2.67. The molecule has 1 aromatic heterocycles. The maximum absolute atomic E-state index is 10.5. The number of nitrogens with zero attached hydrogens (tertiary/aromatic N) is 1. The molecule has 0 spiro atoms. The molecule has 4 heteroatoms. The van der Waals surface area contributed by atoms with Gasteiger partial charge in [-0.3, -0.25) is 4.79 Å². The lowest BCUT2D eigenvalue weighted by atomic mass is 10.1. The zero-order chi connectivity index (χ0) is 11.5. The number of rotatable bonds is 4. The standard InChI is InChI=1S/C12H13NO2S/c1-2-8-4-3-5-9-12(8)13-10(16-9)6-7-11(14)15/h3-5H,2,6-7H2,1H3,(H,14,15). The Hall–Kier alpha value is -1.42. The van der Waals surface area contributed by atoms with Crippen molar-refractivity contribution in [2.45, 2.75) is 26.2 Å². The maximum Gasteiger partial charge on any atom is 0.303 e. The van der Waals surface area contributed by atoms with Crippen molar-refractivity contribution in [1.29, 1.82) is 0 Å². The largest absolute Gasteiger partial charge is 0.481 e. The molecule has 3 nitrogen and oxygen atoms in total. The summed E-state index contributed by atoms with van der Waals surface area (Å²) in [5.74, 6) is -0.769. The molecule has 0 aliphatic carbocycles. The van der Waals surface area contributed by atoms with Crippen LogP contribution < -0.4 is 0 Å². The molecule has 0 radical (unpaired) electrons. The summed E-state index contributed by atoms with van der Waals surface area (Å²) in [5, 5.41) is 9.54. The summed E-state index contributed by atoms with van der Waals surface area (Å²) in [6.45, 7) is 2.10. The number of para-hydroxylation sites is 1. The first kappa shape index (κ1) is 11.1. The highest BCUT2D eigenvalue weighted by atomic mass is 32.1. The smallest absolute Gasteiger partial charge is 0.303 e. The Balaban J connectivity index is 2.32. The topological polar surface area (TPSA) is 50.2 Å². The Bertz CT molecular complexity index is 519. The van der Waals surface area contributed by atoms with Crippen LogP contribution in [0.1, 0.15) is 23.9 Å². The molecule has 1 N–H and O–H groups in total. The van der Waals surface area contributed by atoms with E-state index < -0.39 is 5.97 Å². The van der Waals surface area contributed by atoms with Gasteiger partial charge in [0.25, 0.3) is 0 Å². The van der Waals surface area contributed by atoms with Crippen molar-refractivity contribution in [3.8, 4) is 0 Å². The number of benzene rings is 1. The lowest BCUT2D eigenvalue weighted by molar-refractivity contribution is -0.136. The van der Waals surface area contributed by atoms with Crippen LogP contribution in [0.25, 0.3) is 10.2 Å². The Kier molecular flexibility index (Phi) is 3.19. The number of aryl methyl sites for hydroxylation is 2. The van der Waals surface area contributed by atoms with E-state index in [0.29, 0.717) is 6.42 Å². The molecule has 1 heterocycles. The molecule has 0 amide bonds. The minimum Gasteiger partial charge on any atom is -0.481 e. The van der Waals surface area contributed by atoms with Crippen molar-refractivity contribution in [2.75, 3.05) is 0 Å². The Morgan fingerprint density at radius 2 is 2.31 bits per heavy atom. The summed E-state index contributed by atoms with van der Waals surface area (Å²) >= 11 is 1.59. The van der Waals surface area contributed by atoms with E-state index in [4.69, 9.17) is 5.11 Å². The van der Waals surface area contributed by atoms with Gasteiger partial charge in [0.15, 0.2) is 0 Å². The lowest BCUT2D eigenvalue weighted by Crippen LogP contribution is -1.96. The number of hydrogen-bond donors (Lipinski definition) is 1. The van der Waals surface area contributed by atoms with Crippen LogP contribution in [0.4, 0.5) is 0 Å². The van der Waals surface area contributed by atoms with E-state index in [-0.39, 0.29) is 6.42 Å². The number of thiazole rings is 1. The second-order valence-electron chi connectivity index (χ2n) is 3.62. The van der Waals surface area contributed by atoms with E-state index in [2.05, 4.69) is 18.0 Å². The number of aromatic nitrogens is 1. The molecule has 84 valence electrons. The van der Waals surface area contributed by atoms with Gasteiger partial charge in [0.05, 0.1) is 21.6 Å². The quantitative estimate of drug-likeness (QED) is 0.886. The number of carbonyl (C=O) groups is 1. The van der Waals surface area contributed by atoms with Crippen LogP contribution in [0.3, 0.4) is 0 Å². The first-order chi connectivity index (χ1) is 7.70. The van der Waals surface area contributed by atoms with E-state index in [1.54, 1.807) is 11.3 Å². The first-order valence-corrected chi connectivity index (χ1v) is 6.11. The number of fused-ring (bicyclic) bond motifs is 1. The van der Waals surface area contributed by atoms with Crippen LogP contribution >= 0.6 is 11.3 Å². The third-order valence-corrected chi connectivity index (χ3v) is 3.56. The zero-order valence-electron chi connectivity index (χ0n) is 9.06. The van der Waals surface area contributed by atoms with Gasteiger partial charge < -0.3 is 5.11 Å². The van der Waals surface area contributed by atoms with Crippen molar-refractivity contribution in [1.82, 2.24) is 4.98 Å². The molecular weight excluding hydrogens is 222 g/mol. The SMILES string of the molecule is CCc1cccc2sc(CCC(=O)O)nc12. The summed E-state index contributed by atoms with van der Waals surface area (Å²) in [7, 11) is 0. The molecule has 0 saturated carbocycles. The minimum atomic E-state index is -0.769. The van der Waals surface area contributed by atoms with Gasteiger partial charge in [0, 0.05) is 6.42 Å². The van der Waals surface area contributed by atoms with Crippen LogP contribution in [0.2, 0.25) is 0 Å². The van der Waals surface area contributed by atoms with E-state index in [9.17, 15) is 4.79 Å². The van der Waals surface area contributed by atoms with Crippen molar-refractivity contribution in [2.24, 2.45) is 0 Å². The molecule has 0 fully saturated rings. The Labute approximate surface area is 97.8 Å². The molecule has 0 atom stereocenters. The normalized spacial score (nSPS) is 10.8. The van der Waals surface area contributed by atoms with Crippen LogP contribution in [-0.4, -0.2) is 16.1 Å². The molecular formula is C12H13NO2S. The van der Waals surface area contributed by atoms with Gasteiger partial charge in [0.1, 0.15) is 0 Å². The van der Waals surface area contributed by atoms with Gasteiger partial charge in [-0.25, -0.2) is 4.98 Å². The predicted molar refractivity (Wildman–Crippen MR) is 65.0 cm³/mol. The zero-order valence-corrected chi connectivity index (χ0v) is 9.88. The Morgan fingerprint density at radius 1 is 1.50 bits per heavy atom. The molecule has 0 aliphatic heterocycles. The van der Waals surface area contributed by atoms with Crippen LogP contribution in [0.15, 0.2) is 18.2 Å². The number of aliphatic carboxylic acids is 1. The average Bonchev–Trinajstić information content (AvgIpc) is 2.68. The number of hydrogen-bond acceptors (Lipinski definition) is 3. The van der Waals surface area contributed by atoms with Crippen LogP contribution in [0.5, 0.6) is 0 Å². The second-order valence-corrected chi connectivity index (χ2v) is 4.73. The van der Waals surface area contributed by atoms with Crippen molar-refractivity contribution in [3.05, 3.63) is 28.8 Å². The molecule has 0 bridgehead atoms. The molecule has 16 heavy (non-hydrogen) atoms. The van der Waals surface area contributed by atoms with Gasteiger partial charge in [-0.15, -0.1) is 11.3 Å². The second kappa shape index (κ2) is 4.61. The van der Waals surface area contributed by atoms with Crippen molar-refractivity contribution >= 4 is 27.5 Å². The van der Waals surface area contributed by atoms with Gasteiger partial charge in [-0.2, -0.15) is 0 Å². The summed E-state index contributed by atoms with van der Waals surface area (Å²) in [6.07, 6.45) is 1.64. The third kappa shape index (κ3) is 2.22. The van der Waals surface area contributed by atoms with E-state index in [1.807, 2.05) is 12.1 Å². The van der Waals surface area contributed by atoms with Crippen LogP contribution in [-0.2, 0) is 17.6 Å². The third-order valence-electron chi connectivity index (χ3n) is 2.48. The van der Waals surface area contributed by atoms with Gasteiger partial charge >= 0.3 is 5.97 Å². The Morgan fingerprint density at radius 3 is 3.00 bits per heavy atom. The number of carboxylic acids is 1. The van der Waals surface area contributed by atoms with Crippen LogP contribution in [0, 0.1) is 0 Å². The van der Waals surface area contributed by atoms with Crippen molar-refractivity contribution in [3.63, 3.8) is 0 Å². The average molecular weight is 235 g/mol. The van der Waals surface area contributed by atoms with E-state index in [0.717, 1.165) is 21.6 Å². The van der Waals surface area contributed by atoms with Crippen molar-refractivity contribution < 1.29 is 9.90 Å². The van der Waals surface area contributed by atoms with E-state index >= 15 is 0 Å². The molecule has 2 rings (SSSR count). The summed E-state index contributed by atoms with van der Waals surface area (Å²) in [5.41, 5.74) is 2.27. The fraction of sp³-hybridized carbons (Fsp3) is 0.333. The summed E-state index contributed by atoms with van der Waals surface area (Å²) < 4.78 is 1.15. The first-order valence-electron chi connectivity index (χ1n) is 5.29. The number of carboxylic acid groups (broad SMARTS) is 1. The van der Waals surface area contributed by atoms with Gasteiger partial charge in [-0.1, -0.05) is 19.1 Å². The highest BCUT2D eigenvalue weighted by Gasteiger charge is 2.08. The highest BCUT2D eigenvalue weighted by molar-refractivity contribution is 7.18. The fourth-order valence-electron chi connectivity index (χ4n) is 1.66. The molecule has 1 aromatic carbocycles. The summed E-state index contributed by atoms with van der Waals surface area (Å²) in [6, 6.07) is 6.14. The molecule has 0 unspecified atom stereocenters. The molecule has 0 aliphatic rings. The minimum absolute atomic E-state index is 0.154. The molecule has 0 saturated heterocycles. The van der Waals surface area contributed by atoms with Gasteiger partial charge in [-0.05, 0) is 18.1 Å². The molecule has 2 aromatic rings. The monoisotopic (exact) mass is 235 g/mol. The maximum atomic E-state index is 10.5. The predicted octanol–water partition coefficient (Wildman–Crippen LogP) is 2.88. The lowest BCUT2D eigenvalue weighted by Gasteiger charge is -1.95. The highest BCUT2D eigenvalue weighted by Crippen LogP contribution is 2.25. The van der Waals surface area contributed by atoms with E-state index in [1.165, 1.54) is 5.56 Å². The van der Waals surface area contributed by atoms with Gasteiger partial charge in [0.2, 0.25) is 0 Å². The summed E-state index contributed by atoms with van der Waals surface area (Å²) in [4.78, 5) is 15.0.